The predicted octanol–water partition coefficient (Wildman–Crippen LogP) is 4.53. The highest BCUT2D eigenvalue weighted by atomic mass is 19.1. The highest BCUT2D eigenvalue weighted by Crippen LogP contribution is 2.38. The van der Waals surface area contributed by atoms with Crippen molar-refractivity contribution in [2.75, 3.05) is 10.6 Å². The van der Waals surface area contributed by atoms with Gasteiger partial charge in [0.2, 0.25) is 5.95 Å². The predicted molar refractivity (Wildman–Crippen MR) is 136 cm³/mol. The van der Waals surface area contributed by atoms with Crippen molar-refractivity contribution in [1.82, 2.24) is 20.3 Å². The molecule has 0 fully saturated rings. The van der Waals surface area contributed by atoms with Crippen molar-refractivity contribution in [2.45, 2.75) is 38.5 Å². The van der Waals surface area contributed by atoms with Gasteiger partial charge in [-0.05, 0) is 55.8 Å². The summed E-state index contributed by atoms with van der Waals surface area (Å²) >= 11 is 0. The minimum atomic E-state index is -0.967. The summed E-state index contributed by atoms with van der Waals surface area (Å²) in [5, 5.41) is 19.6. The number of benzene rings is 1. The molecule has 4 aromatic rings. The number of aromatic nitrogens is 3. The number of nitrogens with one attached hydrogen (secondary N) is 4. The number of hydrogen-bond donors (Lipinski definition) is 5. The minimum Gasteiger partial charge on any atom is -0.373 e. The average Bonchev–Trinajstić information content (AvgIpc) is 3.18. The number of H-pyrrole nitrogens is 1. The van der Waals surface area contributed by atoms with Gasteiger partial charge in [0.1, 0.15) is 23.7 Å². The number of carbonyl (C=O) groups excluding carboxylic acids is 1. The second-order valence-electron chi connectivity index (χ2n) is 9.63. The molecule has 1 unspecified atom stereocenters. The fourth-order valence-corrected chi connectivity index (χ4v) is 4.47. The molecule has 0 saturated heterocycles. The molecular weight excluding hydrogens is 478 g/mol. The maximum atomic E-state index is 13.8. The van der Waals surface area contributed by atoms with Crippen molar-refractivity contribution in [1.29, 1.82) is 0 Å². The fraction of sp³-hybridized carbons (Fsp3) is 0.222. The molecule has 0 aliphatic carbocycles. The molecule has 10 heteroatoms. The second-order valence-corrected chi connectivity index (χ2v) is 9.63. The third kappa shape index (κ3) is 5.44. The van der Waals surface area contributed by atoms with E-state index in [1.807, 2.05) is 13.8 Å². The van der Waals surface area contributed by atoms with E-state index < -0.39 is 17.7 Å². The summed E-state index contributed by atoms with van der Waals surface area (Å²) in [6.45, 7) is 3.87. The number of rotatable bonds is 7. The second kappa shape index (κ2) is 9.62. The largest absolute Gasteiger partial charge is 0.373 e. The first kappa shape index (κ1) is 24.4. The van der Waals surface area contributed by atoms with Gasteiger partial charge in [-0.15, -0.1) is 0 Å². The van der Waals surface area contributed by atoms with Gasteiger partial charge >= 0.3 is 0 Å². The van der Waals surface area contributed by atoms with Crippen LogP contribution in [0.2, 0.25) is 0 Å². The molecule has 37 heavy (non-hydrogen) atoms. The standard InChI is InChI=1S/C27H26F2N6O2/c1-27(2)14-18-23(26(37)35-27)25(34-20-5-3-4-19(29)32-20)24(31-18)16-10-11-30-21(13-16)33-22(36)12-15-6-8-17(28)9-7-15/h3-11,13,22,31,36H,12,14H2,1-2H3,(H,30,33)(H,32,34)(H,35,37). The fourth-order valence-electron chi connectivity index (χ4n) is 4.47. The number of pyridine rings is 2. The van der Waals surface area contributed by atoms with Crippen LogP contribution in [-0.4, -0.2) is 37.7 Å². The van der Waals surface area contributed by atoms with Crippen LogP contribution in [-0.2, 0) is 12.8 Å². The Morgan fingerprint density at radius 3 is 2.65 bits per heavy atom. The summed E-state index contributed by atoms with van der Waals surface area (Å²) < 4.78 is 27.0. The maximum absolute atomic E-state index is 13.8. The Kier molecular flexibility index (Phi) is 6.34. The highest BCUT2D eigenvalue weighted by Gasteiger charge is 2.35. The lowest BCUT2D eigenvalue weighted by molar-refractivity contribution is 0.0897. The SMILES string of the molecule is CC1(C)Cc2[nH]c(-c3ccnc(NC(O)Cc4ccc(F)cc4)c3)c(Nc3cccc(F)n3)c2C(=O)N1. The van der Waals surface area contributed by atoms with Crippen LogP contribution < -0.4 is 16.0 Å². The van der Waals surface area contributed by atoms with Crippen LogP contribution in [0.4, 0.5) is 26.1 Å². The van der Waals surface area contributed by atoms with Crippen molar-refractivity contribution in [3.05, 3.63) is 89.4 Å². The molecule has 1 aliphatic rings. The van der Waals surface area contributed by atoms with Crippen molar-refractivity contribution in [3.8, 4) is 11.3 Å². The molecule has 5 N–H and O–H groups in total. The Bertz CT molecular complexity index is 1450. The van der Waals surface area contributed by atoms with Crippen molar-refractivity contribution in [3.63, 3.8) is 0 Å². The smallest absolute Gasteiger partial charge is 0.255 e. The van der Waals surface area contributed by atoms with E-state index in [9.17, 15) is 18.7 Å². The van der Waals surface area contributed by atoms with Crippen LogP contribution in [0.15, 0.2) is 60.8 Å². The number of anilines is 3. The first-order valence-corrected chi connectivity index (χ1v) is 11.8. The summed E-state index contributed by atoms with van der Waals surface area (Å²) in [6.07, 6.45) is 1.42. The number of nitrogens with zero attached hydrogens (tertiary/aromatic N) is 2. The van der Waals surface area contributed by atoms with E-state index in [1.54, 1.807) is 36.5 Å². The molecule has 0 radical (unpaired) electrons. The summed E-state index contributed by atoms with van der Waals surface area (Å²) in [6, 6.07) is 13.8. The van der Waals surface area contributed by atoms with E-state index in [2.05, 4.69) is 30.9 Å². The number of aliphatic hydroxyl groups excluding tert-OH is 1. The number of aromatic amines is 1. The van der Waals surface area contributed by atoms with Gasteiger partial charge in [-0.1, -0.05) is 18.2 Å². The van der Waals surface area contributed by atoms with Gasteiger partial charge < -0.3 is 26.0 Å². The van der Waals surface area contributed by atoms with Crippen LogP contribution in [0.1, 0.15) is 35.5 Å². The van der Waals surface area contributed by atoms with Gasteiger partial charge in [0.25, 0.3) is 5.91 Å². The monoisotopic (exact) mass is 504 g/mol. The Morgan fingerprint density at radius 2 is 1.89 bits per heavy atom. The van der Waals surface area contributed by atoms with E-state index >= 15 is 0 Å². The van der Waals surface area contributed by atoms with Gasteiger partial charge in [0.15, 0.2) is 0 Å². The molecule has 0 saturated carbocycles. The number of carbonyl (C=O) groups is 1. The highest BCUT2D eigenvalue weighted by molar-refractivity contribution is 6.06. The van der Waals surface area contributed by atoms with Gasteiger partial charge in [0, 0.05) is 35.8 Å². The number of amides is 1. The molecule has 5 rings (SSSR count). The van der Waals surface area contributed by atoms with E-state index in [0.717, 1.165) is 11.3 Å². The Labute approximate surface area is 212 Å². The summed E-state index contributed by atoms with van der Waals surface area (Å²) in [5.41, 5.74) is 3.24. The quantitative estimate of drug-likeness (QED) is 0.187. The molecule has 1 aromatic carbocycles. The molecule has 1 aliphatic heterocycles. The van der Waals surface area contributed by atoms with Crippen LogP contribution in [0.5, 0.6) is 0 Å². The van der Waals surface area contributed by atoms with Crippen LogP contribution in [0.3, 0.4) is 0 Å². The van der Waals surface area contributed by atoms with Crippen LogP contribution >= 0.6 is 0 Å². The zero-order valence-corrected chi connectivity index (χ0v) is 20.3. The number of halogens is 2. The lowest BCUT2D eigenvalue weighted by Gasteiger charge is -2.30. The molecule has 4 heterocycles. The van der Waals surface area contributed by atoms with E-state index in [1.165, 1.54) is 24.3 Å². The number of aliphatic hydroxyl groups is 1. The Morgan fingerprint density at radius 1 is 1.11 bits per heavy atom. The van der Waals surface area contributed by atoms with Crippen LogP contribution in [0, 0.1) is 11.8 Å². The first-order valence-electron chi connectivity index (χ1n) is 11.8. The molecule has 3 aromatic heterocycles. The maximum Gasteiger partial charge on any atom is 0.255 e. The topological polar surface area (TPSA) is 115 Å². The molecule has 8 nitrogen and oxygen atoms in total. The van der Waals surface area contributed by atoms with Crippen molar-refractivity contribution < 1.29 is 18.7 Å². The summed E-state index contributed by atoms with van der Waals surface area (Å²) in [4.78, 5) is 24.6. The number of hydrogen-bond acceptors (Lipinski definition) is 6. The van der Waals surface area contributed by atoms with Gasteiger partial charge in [-0.3, -0.25) is 4.79 Å². The minimum absolute atomic E-state index is 0.246. The first-order chi connectivity index (χ1) is 17.7. The molecular formula is C27H26F2N6O2. The van der Waals surface area contributed by atoms with E-state index in [4.69, 9.17) is 0 Å². The Balaban J connectivity index is 1.48. The lowest BCUT2D eigenvalue weighted by Crippen LogP contribution is -2.49. The normalized spacial score (nSPS) is 15.0. The van der Waals surface area contributed by atoms with Crippen LogP contribution in [0.25, 0.3) is 11.3 Å². The van der Waals surface area contributed by atoms with Crippen molar-refractivity contribution in [2.24, 2.45) is 0 Å². The van der Waals surface area contributed by atoms with Gasteiger partial charge in [-0.2, -0.15) is 4.39 Å². The van der Waals surface area contributed by atoms with E-state index in [-0.39, 0.29) is 24.0 Å². The van der Waals surface area contributed by atoms with Gasteiger partial charge in [-0.25, -0.2) is 14.4 Å². The zero-order chi connectivity index (χ0) is 26.2. The third-order valence-electron chi connectivity index (χ3n) is 6.05. The molecule has 190 valence electrons. The third-order valence-corrected chi connectivity index (χ3v) is 6.05. The molecule has 0 spiro atoms. The zero-order valence-electron chi connectivity index (χ0n) is 20.3. The number of fused-ring (bicyclic) bond motifs is 1. The summed E-state index contributed by atoms with van der Waals surface area (Å²) in [5.74, 6) is -0.590. The molecule has 1 amide bonds. The van der Waals surface area contributed by atoms with Gasteiger partial charge in [0.05, 0.1) is 16.9 Å². The average molecular weight is 505 g/mol. The van der Waals surface area contributed by atoms with E-state index in [0.29, 0.717) is 34.7 Å². The lowest BCUT2D eigenvalue weighted by atomic mass is 9.91. The van der Waals surface area contributed by atoms with Crippen molar-refractivity contribution >= 4 is 23.2 Å². The summed E-state index contributed by atoms with van der Waals surface area (Å²) in [7, 11) is 0. The molecule has 1 atom stereocenters. The Hall–Kier alpha value is -4.31. The molecule has 0 bridgehead atoms.